The fourth-order valence-electron chi connectivity index (χ4n) is 5.29. The molecule has 2 aromatic rings. The number of imidazole rings is 1. The van der Waals surface area contributed by atoms with Gasteiger partial charge in [0, 0.05) is 18.6 Å². The minimum Gasteiger partial charge on any atom is -0.469 e. The highest BCUT2D eigenvalue weighted by molar-refractivity contribution is 5.81. The highest BCUT2D eigenvalue weighted by atomic mass is 16.8. The second kappa shape index (κ2) is 8.15. The largest absolute Gasteiger partial charge is 0.469 e. The molecule has 1 saturated carbocycles. The van der Waals surface area contributed by atoms with Crippen molar-refractivity contribution in [2.75, 3.05) is 19.4 Å². The molecule has 11 nitrogen and oxygen atoms in total. The first-order chi connectivity index (χ1) is 15.7. The van der Waals surface area contributed by atoms with E-state index in [1.807, 2.05) is 18.4 Å². The summed E-state index contributed by atoms with van der Waals surface area (Å²) >= 11 is 0. The predicted molar refractivity (Wildman–Crippen MR) is 118 cm³/mol. The Bertz CT molecular complexity index is 1040. The Balaban J connectivity index is 1.39. The number of hydrogen-bond acceptors (Lipinski definition) is 10. The number of carbonyl (C=O) groups is 1. The van der Waals surface area contributed by atoms with Crippen LogP contribution in [0.3, 0.4) is 0 Å². The monoisotopic (exact) mass is 460 g/mol. The molecule has 4 heterocycles. The number of rotatable bonds is 6. The van der Waals surface area contributed by atoms with Crippen LogP contribution in [0.1, 0.15) is 46.8 Å². The van der Waals surface area contributed by atoms with E-state index in [2.05, 4.69) is 33.7 Å². The molecule has 0 spiro atoms. The third-order valence-corrected chi connectivity index (χ3v) is 6.96. The van der Waals surface area contributed by atoms with Crippen molar-refractivity contribution in [2.24, 2.45) is 5.92 Å². The van der Waals surface area contributed by atoms with E-state index < -0.39 is 12.0 Å². The summed E-state index contributed by atoms with van der Waals surface area (Å²) in [4.78, 5) is 27.1. The number of ether oxygens (including phenoxy) is 4. The molecule has 2 aromatic heterocycles. The van der Waals surface area contributed by atoms with Crippen LogP contribution in [-0.2, 0) is 23.7 Å². The number of nitrogens with two attached hydrogens (primary N) is 1. The van der Waals surface area contributed by atoms with E-state index in [4.69, 9.17) is 24.7 Å². The first-order valence-corrected chi connectivity index (χ1v) is 11.5. The van der Waals surface area contributed by atoms with Gasteiger partial charge in [0.2, 0.25) is 0 Å². The number of nitrogens with zero attached hydrogens (tertiary/aromatic N) is 5. The van der Waals surface area contributed by atoms with Crippen LogP contribution in [0.25, 0.3) is 11.2 Å². The molecular weight excluding hydrogens is 428 g/mol. The Kier molecular flexibility index (Phi) is 5.55. The summed E-state index contributed by atoms with van der Waals surface area (Å²) in [7, 11) is 1.44. The van der Waals surface area contributed by atoms with Crippen molar-refractivity contribution < 1.29 is 23.7 Å². The summed E-state index contributed by atoms with van der Waals surface area (Å²) in [6, 6.07) is 0.582. The molecule has 0 amide bonds. The van der Waals surface area contributed by atoms with Crippen molar-refractivity contribution >= 4 is 23.0 Å². The number of esters is 1. The van der Waals surface area contributed by atoms with Crippen molar-refractivity contribution in [2.45, 2.75) is 82.9 Å². The highest BCUT2D eigenvalue weighted by Crippen LogP contribution is 2.45. The molecule has 0 radical (unpaired) electrons. The van der Waals surface area contributed by atoms with Gasteiger partial charge < -0.3 is 24.7 Å². The third kappa shape index (κ3) is 3.86. The summed E-state index contributed by atoms with van der Waals surface area (Å²) in [5, 5.41) is 0. The Morgan fingerprint density at radius 1 is 1.27 bits per heavy atom. The average molecular weight is 461 g/mol. The predicted octanol–water partition coefficient (Wildman–Crippen LogP) is 1.49. The first kappa shape index (κ1) is 22.5. The van der Waals surface area contributed by atoms with Gasteiger partial charge in [0.1, 0.15) is 30.2 Å². The molecule has 0 aromatic carbocycles. The van der Waals surface area contributed by atoms with E-state index in [9.17, 15) is 4.79 Å². The summed E-state index contributed by atoms with van der Waals surface area (Å²) < 4.78 is 25.9. The van der Waals surface area contributed by atoms with Gasteiger partial charge >= 0.3 is 5.97 Å². The van der Waals surface area contributed by atoms with Crippen molar-refractivity contribution in [1.29, 1.82) is 0 Å². The van der Waals surface area contributed by atoms with E-state index >= 15 is 0 Å². The second-order valence-electron chi connectivity index (χ2n) is 9.85. The maximum atomic E-state index is 11.9. The second-order valence-corrected chi connectivity index (χ2v) is 9.85. The van der Waals surface area contributed by atoms with Gasteiger partial charge in [0.25, 0.3) is 0 Å². The molecule has 2 N–H and O–H groups in total. The molecule has 4 atom stereocenters. The molecule has 180 valence electrons. The molecule has 0 bridgehead atoms. The van der Waals surface area contributed by atoms with E-state index in [-0.39, 0.29) is 36.2 Å². The minimum atomic E-state index is -0.727. The first-order valence-electron chi connectivity index (χ1n) is 11.5. The Morgan fingerprint density at radius 3 is 2.70 bits per heavy atom. The zero-order chi connectivity index (χ0) is 23.5. The number of carbonyl (C=O) groups excluding carboxylic acids is 1. The zero-order valence-corrected chi connectivity index (χ0v) is 19.7. The number of nitrogen functional groups attached to an aromatic ring is 1. The van der Waals surface area contributed by atoms with Gasteiger partial charge in [-0.25, -0.2) is 15.0 Å². The fraction of sp³-hybridized carbons (Fsp3) is 0.727. The number of anilines is 1. The maximum absolute atomic E-state index is 11.9. The molecule has 11 heteroatoms. The quantitative estimate of drug-likeness (QED) is 0.633. The van der Waals surface area contributed by atoms with E-state index in [0.29, 0.717) is 29.6 Å². The van der Waals surface area contributed by atoms with Gasteiger partial charge in [-0.1, -0.05) is 0 Å². The maximum Gasteiger partial charge on any atom is 0.308 e. The van der Waals surface area contributed by atoms with Crippen LogP contribution in [0.4, 0.5) is 5.82 Å². The fourth-order valence-corrected chi connectivity index (χ4v) is 5.29. The van der Waals surface area contributed by atoms with Gasteiger partial charge in [-0.2, -0.15) is 0 Å². The molecule has 2 aliphatic heterocycles. The van der Waals surface area contributed by atoms with E-state index in [1.165, 1.54) is 13.4 Å². The topological polar surface area (TPSA) is 127 Å². The van der Waals surface area contributed by atoms with Crippen LogP contribution >= 0.6 is 0 Å². The molecule has 33 heavy (non-hydrogen) atoms. The van der Waals surface area contributed by atoms with Gasteiger partial charge in [0.05, 0.1) is 19.4 Å². The highest BCUT2D eigenvalue weighted by Gasteiger charge is 2.57. The van der Waals surface area contributed by atoms with Gasteiger partial charge in [-0.05, 0) is 40.5 Å². The molecule has 0 unspecified atom stereocenters. The van der Waals surface area contributed by atoms with Crippen LogP contribution in [0.2, 0.25) is 0 Å². The molecular formula is C22H32N6O5. The van der Waals surface area contributed by atoms with E-state index in [1.54, 1.807) is 6.33 Å². The van der Waals surface area contributed by atoms with Crippen molar-refractivity contribution in [1.82, 2.24) is 24.4 Å². The van der Waals surface area contributed by atoms with Crippen molar-refractivity contribution in [3.05, 3.63) is 12.7 Å². The lowest BCUT2D eigenvalue weighted by Crippen LogP contribution is -2.53. The average Bonchev–Trinajstić information content (AvgIpc) is 3.37. The van der Waals surface area contributed by atoms with Crippen molar-refractivity contribution in [3.8, 4) is 0 Å². The minimum absolute atomic E-state index is 0.0290. The van der Waals surface area contributed by atoms with Crippen LogP contribution in [0, 0.1) is 5.92 Å². The summed E-state index contributed by atoms with van der Waals surface area (Å²) in [6.07, 6.45) is 3.42. The molecule has 1 aliphatic carbocycles. The summed E-state index contributed by atoms with van der Waals surface area (Å²) in [5.41, 5.74) is 7.11. The smallest absolute Gasteiger partial charge is 0.308 e. The molecule has 3 fully saturated rings. The number of methoxy groups -OCH3 is 1. The molecule has 2 saturated heterocycles. The zero-order valence-electron chi connectivity index (χ0n) is 19.7. The van der Waals surface area contributed by atoms with Gasteiger partial charge in [-0.3, -0.25) is 14.3 Å². The van der Waals surface area contributed by atoms with Crippen LogP contribution < -0.4 is 5.73 Å². The van der Waals surface area contributed by atoms with Crippen LogP contribution in [-0.4, -0.2) is 80.2 Å². The molecule has 3 aliphatic rings. The lowest BCUT2D eigenvalue weighted by molar-refractivity contribution is -0.199. The lowest BCUT2D eigenvalue weighted by Gasteiger charge is -2.45. The summed E-state index contributed by atoms with van der Waals surface area (Å²) in [5.74, 6) is -0.562. The van der Waals surface area contributed by atoms with Crippen LogP contribution in [0.5, 0.6) is 0 Å². The number of fused-ring (bicyclic) bond motifs is 2. The van der Waals surface area contributed by atoms with Gasteiger partial charge in [0.15, 0.2) is 23.5 Å². The molecule has 5 rings (SSSR count). The number of hydrogen-bond donors (Lipinski definition) is 1. The Hall–Kier alpha value is -2.34. The SMILES string of the molecule is COC(=O)[C@H]1C[C@@H](N(C[C@H]2O[C@@H](n3cnc4c(N)ncnc43)[C@@H]3OC(C)(C)O[C@@H]32)C(C)C)C1. The Morgan fingerprint density at radius 2 is 2.00 bits per heavy atom. The van der Waals surface area contributed by atoms with Crippen molar-refractivity contribution in [3.63, 3.8) is 0 Å². The third-order valence-electron chi connectivity index (χ3n) is 6.96. The lowest BCUT2D eigenvalue weighted by atomic mass is 9.78. The Labute approximate surface area is 192 Å². The van der Waals surface area contributed by atoms with Crippen LogP contribution in [0.15, 0.2) is 12.7 Å². The normalized spacial score (nSPS) is 32.9. The number of aromatic nitrogens is 4. The standard InChI is InChI=1S/C22H32N6O5/c1-11(2)27(13-6-12(7-13)21(29)30-5)8-14-16-17(33-22(3,4)32-16)20(31-14)28-10-26-15-18(23)24-9-25-19(15)28/h9-14,16-17,20H,6-8H2,1-5H3,(H2,23,24,25)/t12-,13+,14-,16-,17-,20-/m1/s1. The van der Waals surface area contributed by atoms with E-state index in [0.717, 1.165) is 12.8 Å². The van der Waals surface area contributed by atoms with Gasteiger partial charge in [-0.15, -0.1) is 0 Å². The summed E-state index contributed by atoms with van der Waals surface area (Å²) in [6.45, 7) is 8.82.